The summed E-state index contributed by atoms with van der Waals surface area (Å²) in [4.78, 5) is 16.4. The molecule has 1 aromatic carbocycles. The van der Waals surface area contributed by atoms with Crippen molar-refractivity contribution in [3.8, 4) is 11.6 Å². The molecule has 0 aliphatic heterocycles. The van der Waals surface area contributed by atoms with Crippen LogP contribution in [0.5, 0.6) is 11.6 Å². The van der Waals surface area contributed by atoms with Crippen molar-refractivity contribution in [3.63, 3.8) is 0 Å². The molecule has 0 unspecified atom stereocenters. The van der Waals surface area contributed by atoms with Gasteiger partial charge in [0, 0.05) is 5.92 Å². The van der Waals surface area contributed by atoms with Crippen LogP contribution in [0.3, 0.4) is 0 Å². The van der Waals surface area contributed by atoms with Crippen LogP contribution in [-0.2, 0) is 10.9 Å². The maximum Gasteiger partial charge on any atom is 0.416 e. The molecule has 0 bridgehead atoms. The Bertz CT molecular complexity index is 726. The van der Waals surface area contributed by atoms with Crippen LogP contribution in [0.4, 0.5) is 13.2 Å². The third-order valence-corrected chi connectivity index (χ3v) is 4.26. The Morgan fingerprint density at radius 1 is 1.33 bits per heavy atom. The van der Waals surface area contributed by atoms with Crippen molar-refractivity contribution < 1.29 is 27.4 Å². The van der Waals surface area contributed by atoms with Crippen LogP contribution < -0.4 is 4.74 Å². The number of nitrogens with zero attached hydrogens (tertiary/aromatic N) is 1. The number of halogens is 3. The molecule has 0 atom stereocenters. The predicted octanol–water partition coefficient (Wildman–Crippen LogP) is 5.25. The Morgan fingerprint density at radius 3 is 2.62 bits per heavy atom. The molecule has 0 aliphatic carbocycles. The number of carbonyl (C=O) groups is 1. The first-order chi connectivity index (χ1) is 11.2. The molecule has 0 aliphatic rings. The number of carbonyl (C=O) groups excluding carboxylic acids is 1. The lowest BCUT2D eigenvalue weighted by Crippen LogP contribution is -2.06. The van der Waals surface area contributed by atoms with Crippen molar-refractivity contribution in [3.05, 3.63) is 39.7 Å². The van der Waals surface area contributed by atoms with E-state index in [-0.39, 0.29) is 29.0 Å². The number of aromatic nitrogens is 1. The first-order valence-corrected chi connectivity index (χ1v) is 8.07. The molecule has 0 saturated carbocycles. The van der Waals surface area contributed by atoms with Crippen LogP contribution >= 0.6 is 11.3 Å². The molecule has 1 heterocycles. The number of hydrogen-bond acceptors (Lipinski definition) is 5. The fraction of sp³-hybridized carbons (Fsp3) is 0.375. The van der Waals surface area contributed by atoms with Crippen molar-refractivity contribution in [2.75, 3.05) is 6.61 Å². The smallest absolute Gasteiger partial charge is 0.416 e. The van der Waals surface area contributed by atoms with E-state index >= 15 is 0 Å². The van der Waals surface area contributed by atoms with Gasteiger partial charge in [-0.3, -0.25) is 0 Å². The van der Waals surface area contributed by atoms with Crippen molar-refractivity contribution in [1.82, 2.24) is 4.98 Å². The molecule has 0 spiro atoms. The predicted molar refractivity (Wildman–Crippen MR) is 83.7 cm³/mol. The minimum absolute atomic E-state index is 0.0403. The molecule has 8 heteroatoms. The van der Waals surface area contributed by atoms with Gasteiger partial charge >= 0.3 is 12.1 Å². The van der Waals surface area contributed by atoms with E-state index in [1.807, 2.05) is 13.8 Å². The third-order valence-electron chi connectivity index (χ3n) is 2.94. The minimum atomic E-state index is -4.48. The zero-order chi connectivity index (χ0) is 17.9. The van der Waals surface area contributed by atoms with Gasteiger partial charge in [0.05, 0.1) is 12.2 Å². The van der Waals surface area contributed by atoms with Crippen LogP contribution in [0.2, 0.25) is 0 Å². The fourth-order valence-electron chi connectivity index (χ4n) is 1.81. The second kappa shape index (κ2) is 7.21. The highest BCUT2D eigenvalue weighted by atomic mass is 32.1. The Labute approximate surface area is 141 Å². The van der Waals surface area contributed by atoms with Gasteiger partial charge in [-0.25, -0.2) is 9.78 Å². The van der Waals surface area contributed by atoms with E-state index in [0.717, 1.165) is 23.5 Å². The highest BCUT2D eigenvalue weighted by molar-refractivity contribution is 7.14. The highest BCUT2D eigenvalue weighted by Crippen LogP contribution is 2.36. The molecule has 2 rings (SSSR count). The lowest BCUT2D eigenvalue weighted by molar-refractivity contribution is -0.137. The van der Waals surface area contributed by atoms with E-state index in [9.17, 15) is 18.0 Å². The van der Waals surface area contributed by atoms with Crippen LogP contribution in [0.1, 0.15) is 46.9 Å². The summed E-state index contributed by atoms with van der Waals surface area (Å²) in [5.41, 5.74) is -0.836. The number of hydrogen-bond donors (Lipinski definition) is 0. The second-order valence-corrected chi connectivity index (χ2v) is 6.22. The summed E-state index contributed by atoms with van der Waals surface area (Å²) in [7, 11) is 0. The van der Waals surface area contributed by atoms with Gasteiger partial charge in [0.15, 0.2) is 4.88 Å². The molecule has 0 fully saturated rings. The molecule has 0 amide bonds. The first kappa shape index (κ1) is 18.3. The minimum Gasteiger partial charge on any atom is -0.462 e. The summed E-state index contributed by atoms with van der Waals surface area (Å²) in [6.45, 7) is 5.62. The van der Waals surface area contributed by atoms with Crippen LogP contribution in [-0.4, -0.2) is 17.6 Å². The van der Waals surface area contributed by atoms with E-state index in [1.165, 1.54) is 12.1 Å². The molecule has 1 aromatic heterocycles. The standard InChI is InChI=1S/C16H16F3NO3S/c1-4-22-15(21)12-13(20-14(24-12)9(2)3)23-11-7-5-6-10(8-11)16(17,18)19/h5-9H,4H2,1-3H3. The van der Waals surface area contributed by atoms with Gasteiger partial charge in [0.25, 0.3) is 0 Å². The van der Waals surface area contributed by atoms with Crippen LogP contribution in [0.25, 0.3) is 0 Å². The van der Waals surface area contributed by atoms with Gasteiger partial charge in [-0.05, 0) is 25.1 Å². The third kappa shape index (κ3) is 4.25. The normalized spacial score (nSPS) is 11.6. The van der Waals surface area contributed by atoms with E-state index < -0.39 is 17.7 Å². The number of ether oxygens (including phenoxy) is 2. The molecule has 24 heavy (non-hydrogen) atoms. The molecule has 0 saturated heterocycles. The number of alkyl halides is 3. The molecule has 0 N–H and O–H groups in total. The van der Waals surface area contributed by atoms with Crippen molar-refractivity contribution in [1.29, 1.82) is 0 Å². The fourth-order valence-corrected chi connectivity index (χ4v) is 2.70. The molecule has 4 nitrogen and oxygen atoms in total. The molecule has 2 aromatic rings. The maximum atomic E-state index is 12.8. The van der Waals surface area contributed by atoms with Crippen molar-refractivity contribution >= 4 is 17.3 Å². The summed E-state index contributed by atoms with van der Waals surface area (Å²) in [6.07, 6.45) is -4.48. The van der Waals surface area contributed by atoms with Gasteiger partial charge in [-0.1, -0.05) is 19.9 Å². The molecule has 0 radical (unpaired) electrons. The monoisotopic (exact) mass is 359 g/mol. The van der Waals surface area contributed by atoms with Gasteiger partial charge < -0.3 is 9.47 Å². The van der Waals surface area contributed by atoms with Crippen LogP contribution in [0, 0.1) is 0 Å². The van der Waals surface area contributed by atoms with Gasteiger partial charge in [-0.15, -0.1) is 11.3 Å². The quantitative estimate of drug-likeness (QED) is 0.684. The SMILES string of the molecule is CCOC(=O)c1sc(C(C)C)nc1Oc1cccc(C(F)(F)F)c1. The summed E-state index contributed by atoms with van der Waals surface area (Å²) < 4.78 is 48.7. The van der Waals surface area contributed by atoms with Gasteiger partial charge in [0.2, 0.25) is 5.88 Å². The first-order valence-electron chi connectivity index (χ1n) is 7.25. The highest BCUT2D eigenvalue weighted by Gasteiger charge is 2.31. The lowest BCUT2D eigenvalue weighted by Gasteiger charge is -2.09. The Hall–Kier alpha value is -2.09. The Morgan fingerprint density at radius 2 is 2.04 bits per heavy atom. The Kier molecular flexibility index (Phi) is 5.48. The van der Waals surface area contributed by atoms with E-state index in [2.05, 4.69) is 4.98 Å². The number of benzene rings is 1. The lowest BCUT2D eigenvalue weighted by atomic mass is 10.2. The zero-order valence-electron chi connectivity index (χ0n) is 13.3. The van der Waals surface area contributed by atoms with Gasteiger partial charge in [-0.2, -0.15) is 13.2 Å². The average molecular weight is 359 g/mol. The number of thiazole rings is 1. The van der Waals surface area contributed by atoms with Crippen molar-refractivity contribution in [2.45, 2.75) is 32.9 Å². The van der Waals surface area contributed by atoms with Crippen LogP contribution in [0.15, 0.2) is 24.3 Å². The molecular formula is C16H16F3NO3S. The number of esters is 1. The molecular weight excluding hydrogens is 343 g/mol. The van der Waals surface area contributed by atoms with Crippen molar-refractivity contribution in [2.24, 2.45) is 0 Å². The Balaban J connectivity index is 2.36. The zero-order valence-corrected chi connectivity index (χ0v) is 14.1. The van der Waals surface area contributed by atoms with Gasteiger partial charge in [0.1, 0.15) is 10.8 Å². The summed E-state index contributed by atoms with van der Waals surface area (Å²) in [5, 5.41) is 0.639. The summed E-state index contributed by atoms with van der Waals surface area (Å²) in [5.74, 6) is -0.650. The van der Waals surface area contributed by atoms with E-state index in [1.54, 1.807) is 6.92 Å². The molecule has 130 valence electrons. The topological polar surface area (TPSA) is 48.4 Å². The summed E-state index contributed by atoms with van der Waals surface area (Å²) >= 11 is 1.11. The summed E-state index contributed by atoms with van der Waals surface area (Å²) in [6, 6.07) is 4.42. The maximum absolute atomic E-state index is 12.8. The number of rotatable bonds is 5. The second-order valence-electron chi connectivity index (χ2n) is 5.19. The average Bonchev–Trinajstić information content (AvgIpc) is 2.91. The van der Waals surface area contributed by atoms with E-state index in [4.69, 9.17) is 9.47 Å². The van der Waals surface area contributed by atoms with E-state index in [0.29, 0.717) is 5.01 Å². The largest absolute Gasteiger partial charge is 0.462 e.